The lowest BCUT2D eigenvalue weighted by Crippen LogP contribution is -2.47. The van der Waals surface area contributed by atoms with E-state index in [2.05, 4.69) is 50.9 Å². The van der Waals surface area contributed by atoms with Crippen molar-refractivity contribution >= 4 is 35.6 Å². The number of guanidine groups is 1. The lowest BCUT2D eigenvalue weighted by Gasteiger charge is -2.36. The monoisotopic (exact) mass is 497 g/mol. The van der Waals surface area contributed by atoms with Crippen LogP contribution in [-0.4, -0.2) is 61.6 Å². The molecule has 3 aliphatic rings. The van der Waals surface area contributed by atoms with Crippen LogP contribution < -0.4 is 10.6 Å². The number of nitrogens with zero attached hydrogens (tertiary/aromatic N) is 4. The Morgan fingerprint density at radius 1 is 1.04 bits per heavy atom. The maximum atomic E-state index is 6.22. The van der Waals surface area contributed by atoms with Gasteiger partial charge in [0.1, 0.15) is 0 Å². The molecule has 1 aliphatic carbocycles. The summed E-state index contributed by atoms with van der Waals surface area (Å²) in [4.78, 5) is 12.0. The molecule has 3 fully saturated rings. The van der Waals surface area contributed by atoms with E-state index in [1.807, 2.05) is 0 Å². The highest BCUT2D eigenvalue weighted by Crippen LogP contribution is 2.30. The van der Waals surface area contributed by atoms with Crippen molar-refractivity contribution in [1.82, 2.24) is 9.80 Å². The van der Waals surface area contributed by atoms with Crippen LogP contribution >= 0.6 is 24.0 Å². The van der Waals surface area contributed by atoms with Gasteiger partial charge in [-0.25, -0.2) is 4.99 Å². The average molecular weight is 497 g/mol. The molecule has 1 aromatic carbocycles. The number of aliphatic imine (C=N–C) groups is 1. The van der Waals surface area contributed by atoms with Gasteiger partial charge in [-0.3, -0.25) is 4.90 Å². The Morgan fingerprint density at radius 3 is 2.39 bits per heavy atom. The summed E-state index contributed by atoms with van der Waals surface area (Å²) >= 11 is 0. The van der Waals surface area contributed by atoms with Crippen LogP contribution in [0.2, 0.25) is 0 Å². The number of nitrogens with two attached hydrogens (primary N) is 1. The number of benzene rings is 1. The smallest absolute Gasteiger partial charge is 0.191 e. The second-order valence-corrected chi connectivity index (χ2v) is 8.77. The number of anilines is 1. The third-order valence-corrected chi connectivity index (χ3v) is 6.29. The van der Waals surface area contributed by atoms with Gasteiger partial charge < -0.3 is 15.5 Å². The summed E-state index contributed by atoms with van der Waals surface area (Å²) in [6.07, 6.45) is 5.43. The highest BCUT2D eigenvalue weighted by Gasteiger charge is 2.26. The lowest BCUT2D eigenvalue weighted by atomic mass is 10.0. The molecule has 1 saturated carbocycles. The number of rotatable bonds is 5. The van der Waals surface area contributed by atoms with Crippen LogP contribution in [-0.2, 0) is 6.54 Å². The molecule has 1 atom stereocenters. The van der Waals surface area contributed by atoms with Gasteiger partial charge in [-0.1, -0.05) is 19.1 Å². The first-order valence-corrected chi connectivity index (χ1v) is 10.8. The second kappa shape index (κ2) is 10.1. The quantitative estimate of drug-likeness (QED) is 0.385. The van der Waals surface area contributed by atoms with Gasteiger partial charge in [0.15, 0.2) is 5.96 Å². The van der Waals surface area contributed by atoms with Crippen molar-refractivity contribution in [2.75, 3.05) is 50.7 Å². The van der Waals surface area contributed by atoms with E-state index in [9.17, 15) is 0 Å². The summed E-state index contributed by atoms with van der Waals surface area (Å²) in [5, 5.41) is 0. The van der Waals surface area contributed by atoms with E-state index >= 15 is 0 Å². The largest absolute Gasteiger partial charge is 0.370 e. The number of halogens is 1. The van der Waals surface area contributed by atoms with Crippen LogP contribution in [0.25, 0.3) is 0 Å². The standard InChI is InChI=1S/C22H35N5.HI/c1-18-3-2-10-27(16-18)22(23)24-15-19-6-8-21(9-7-19)26-13-11-25(12-14-26)17-20-4-5-20;/h6-9,18,20H,2-5,10-17H2,1H3,(H2,23,24);1H. The number of piperidine rings is 1. The minimum Gasteiger partial charge on any atom is -0.370 e. The Bertz CT molecular complexity index is 635. The molecule has 1 aromatic rings. The molecular formula is C22H36IN5. The Kier molecular flexibility index (Phi) is 7.85. The van der Waals surface area contributed by atoms with Gasteiger partial charge in [0.25, 0.3) is 0 Å². The third-order valence-electron chi connectivity index (χ3n) is 6.29. The minimum absolute atomic E-state index is 0. The number of piperazine rings is 1. The van der Waals surface area contributed by atoms with Gasteiger partial charge in [0.05, 0.1) is 6.54 Å². The van der Waals surface area contributed by atoms with Crippen molar-refractivity contribution in [3.8, 4) is 0 Å². The fourth-order valence-electron chi connectivity index (χ4n) is 4.34. The maximum Gasteiger partial charge on any atom is 0.191 e. The van der Waals surface area contributed by atoms with Gasteiger partial charge in [-0.05, 0) is 55.2 Å². The van der Waals surface area contributed by atoms with Crippen LogP contribution in [0, 0.1) is 11.8 Å². The van der Waals surface area contributed by atoms with Crippen molar-refractivity contribution in [3.05, 3.63) is 29.8 Å². The molecule has 156 valence electrons. The molecule has 0 radical (unpaired) electrons. The summed E-state index contributed by atoms with van der Waals surface area (Å²) in [6, 6.07) is 8.92. The Labute approximate surface area is 187 Å². The second-order valence-electron chi connectivity index (χ2n) is 8.77. The summed E-state index contributed by atoms with van der Waals surface area (Å²) in [5.74, 6) is 2.42. The Morgan fingerprint density at radius 2 is 1.75 bits per heavy atom. The van der Waals surface area contributed by atoms with Gasteiger partial charge in [-0.2, -0.15) is 0 Å². The van der Waals surface area contributed by atoms with E-state index in [-0.39, 0.29) is 24.0 Å². The number of hydrogen-bond acceptors (Lipinski definition) is 3. The molecule has 2 heterocycles. The minimum atomic E-state index is 0. The molecule has 0 spiro atoms. The van der Waals surface area contributed by atoms with Crippen molar-refractivity contribution < 1.29 is 0 Å². The van der Waals surface area contributed by atoms with Crippen molar-refractivity contribution in [1.29, 1.82) is 0 Å². The topological polar surface area (TPSA) is 48.1 Å². The molecule has 1 unspecified atom stereocenters. The summed E-state index contributed by atoms with van der Waals surface area (Å²) in [5.41, 5.74) is 8.79. The van der Waals surface area contributed by atoms with E-state index in [0.29, 0.717) is 12.5 Å². The average Bonchev–Trinajstić information content (AvgIpc) is 3.51. The van der Waals surface area contributed by atoms with Crippen LogP contribution in [0.3, 0.4) is 0 Å². The molecule has 0 amide bonds. The first-order chi connectivity index (χ1) is 13.2. The predicted molar refractivity (Wildman–Crippen MR) is 129 cm³/mol. The van der Waals surface area contributed by atoms with Crippen molar-refractivity contribution in [2.24, 2.45) is 22.6 Å². The van der Waals surface area contributed by atoms with Crippen molar-refractivity contribution in [2.45, 2.75) is 39.2 Å². The van der Waals surface area contributed by atoms with Gasteiger partial charge in [-0.15, -0.1) is 24.0 Å². The summed E-state index contributed by atoms with van der Waals surface area (Å²) in [6.45, 7) is 11.1. The summed E-state index contributed by atoms with van der Waals surface area (Å²) < 4.78 is 0. The van der Waals surface area contributed by atoms with Crippen LogP contribution in [0.4, 0.5) is 5.69 Å². The Hall–Kier alpha value is -1.02. The third kappa shape index (κ3) is 5.99. The zero-order valence-corrected chi connectivity index (χ0v) is 19.6. The first kappa shape index (κ1) is 21.7. The molecule has 2 N–H and O–H groups in total. The number of likely N-dealkylation sites (tertiary alicyclic amines) is 1. The molecule has 5 nitrogen and oxygen atoms in total. The van der Waals surface area contributed by atoms with Crippen molar-refractivity contribution in [3.63, 3.8) is 0 Å². The normalized spacial score (nSPS) is 24.2. The van der Waals surface area contributed by atoms with E-state index in [1.165, 1.54) is 56.6 Å². The molecule has 4 rings (SSSR count). The molecule has 0 bridgehead atoms. The lowest BCUT2D eigenvalue weighted by molar-refractivity contribution is 0.248. The molecule has 0 aromatic heterocycles. The molecular weight excluding hydrogens is 461 g/mol. The van der Waals surface area contributed by atoms with Crippen LogP contribution in [0.15, 0.2) is 29.3 Å². The number of hydrogen-bond donors (Lipinski definition) is 1. The van der Waals surface area contributed by atoms with E-state index in [1.54, 1.807) is 0 Å². The zero-order valence-electron chi connectivity index (χ0n) is 17.2. The first-order valence-electron chi connectivity index (χ1n) is 10.8. The fourth-order valence-corrected chi connectivity index (χ4v) is 4.34. The predicted octanol–water partition coefficient (Wildman–Crippen LogP) is 3.38. The highest BCUT2D eigenvalue weighted by atomic mass is 127. The SMILES string of the molecule is CC1CCCN(C(N)=NCc2ccc(N3CCN(CC4CC4)CC3)cc2)C1.I. The maximum absolute atomic E-state index is 6.22. The van der Waals surface area contributed by atoms with Crippen LogP contribution in [0.1, 0.15) is 38.2 Å². The molecule has 2 aliphatic heterocycles. The van der Waals surface area contributed by atoms with E-state index in [4.69, 9.17) is 5.73 Å². The van der Waals surface area contributed by atoms with Gasteiger partial charge in [0.2, 0.25) is 0 Å². The van der Waals surface area contributed by atoms with Gasteiger partial charge in [0, 0.05) is 51.5 Å². The highest BCUT2D eigenvalue weighted by molar-refractivity contribution is 14.0. The van der Waals surface area contributed by atoms with E-state index in [0.717, 1.165) is 38.0 Å². The molecule has 28 heavy (non-hydrogen) atoms. The molecule has 2 saturated heterocycles. The fraction of sp³-hybridized carbons (Fsp3) is 0.682. The summed E-state index contributed by atoms with van der Waals surface area (Å²) in [7, 11) is 0. The van der Waals surface area contributed by atoms with Gasteiger partial charge >= 0.3 is 0 Å². The zero-order chi connectivity index (χ0) is 18.6. The van der Waals surface area contributed by atoms with E-state index < -0.39 is 0 Å². The van der Waals surface area contributed by atoms with Crippen LogP contribution in [0.5, 0.6) is 0 Å². The molecule has 6 heteroatoms. The Balaban J connectivity index is 0.00000225.